The number of hydrogen-bond acceptors (Lipinski definition) is 5. The first kappa shape index (κ1) is 17.1. The van der Waals surface area contributed by atoms with Crippen LogP contribution in [0.1, 0.15) is 40.0 Å². The lowest BCUT2D eigenvalue weighted by atomic mass is 10.3. The Labute approximate surface area is 108 Å². The van der Waals surface area contributed by atoms with Gasteiger partial charge in [0.15, 0.2) is 5.44 Å². The van der Waals surface area contributed by atoms with E-state index in [2.05, 4.69) is 6.58 Å². The van der Waals surface area contributed by atoms with E-state index < -0.39 is 27.8 Å². The molecule has 0 fully saturated rings. The summed E-state index contributed by atoms with van der Waals surface area (Å²) in [5.41, 5.74) is -1.20. The van der Waals surface area contributed by atoms with E-state index in [9.17, 15) is 13.2 Å². The molecule has 0 aromatic heterocycles. The molecule has 0 aliphatic carbocycles. The predicted octanol–water partition coefficient (Wildman–Crippen LogP) is 1.87. The van der Waals surface area contributed by atoms with Crippen molar-refractivity contribution in [3.05, 3.63) is 12.2 Å². The van der Waals surface area contributed by atoms with E-state index in [0.29, 0.717) is 12.8 Å². The van der Waals surface area contributed by atoms with Crippen molar-refractivity contribution in [3.63, 3.8) is 0 Å². The van der Waals surface area contributed by atoms with Gasteiger partial charge in [0, 0.05) is 12.0 Å². The van der Waals surface area contributed by atoms with Gasteiger partial charge in [0.1, 0.15) is 0 Å². The average molecular weight is 280 g/mol. The van der Waals surface area contributed by atoms with Gasteiger partial charge in [-0.3, -0.25) is 4.55 Å². The van der Waals surface area contributed by atoms with Crippen LogP contribution < -0.4 is 0 Å². The van der Waals surface area contributed by atoms with Crippen LogP contribution >= 0.6 is 0 Å². The number of hydrogen-bond donors (Lipinski definition) is 1. The van der Waals surface area contributed by atoms with E-state index in [0.717, 1.165) is 0 Å². The molecule has 0 spiro atoms. The second-order valence-electron chi connectivity index (χ2n) is 3.89. The molecule has 0 amide bonds. The van der Waals surface area contributed by atoms with Gasteiger partial charge in [0.25, 0.3) is 10.1 Å². The summed E-state index contributed by atoms with van der Waals surface area (Å²) in [5, 5.41) is 0. The zero-order valence-corrected chi connectivity index (χ0v) is 11.7. The molecule has 0 radical (unpaired) electrons. The van der Waals surface area contributed by atoms with Crippen molar-refractivity contribution in [3.8, 4) is 0 Å². The molecule has 0 saturated carbocycles. The number of carbonyl (C=O) groups excluding carboxylic acids is 1. The van der Waals surface area contributed by atoms with Crippen molar-refractivity contribution < 1.29 is 27.2 Å². The Morgan fingerprint density at radius 2 is 1.94 bits per heavy atom. The third-order valence-electron chi connectivity index (χ3n) is 2.08. The summed E-state index contributed by atoms with van der Waals surface area (Å²) in [6, 6.07) is 0. The molecule has 0 saturated heterocycles. The van der Waals surface area contributed by atoms with Crippen LogP contribution in [0, 0.1) is 0 Å². The maximum atomic E-state index is 11.3. The van der Waals surface area contributed by atoms with Gasteiger partial charge in [-0.1, -0.05) is 26.8 Å². The number of rotatable bonds is 8. The second-order valence-corrected chi connectivity index (χ2v) is 5.45. The summed E-state index contributed by atoms with van der Waals surface area (Å²) >= 11 is 0. The SMILES string of the molecule is C=C(C)C(=O)OC(CCC)OC(CC)S(=O)(=O)O. The van der Waals surface area contributed by atoms with E-state index in [-0.39, 0.29) is 12.0 Å². The lowest BCUT2D eigenvalue weighted by Crippen LogP contribution is -2.31. The van der Waals surface area contributed by atoms with Gasteiger partial charge in [-0.25, -0.2) is 4.79 Å². The van der Waals surface area contributed by atoms with E-state index in [1.807, 2.05) is 6.92 Å². The van der Waals surface area contributed by atoms with Crippen molar-refractivity contribution in [1.29, 1.82) is 0 Å². The highest BCUT2D eigenvalue weighted by Crippen LogP contribution is 2.15. The van der Waals surface area contributed by atoms with Gasteiger partial charge in [0.2, 0.25) is 6.29 Å². The first-order valence-electron chi connectivity index (χ1n) is 5.70. The van der Waals surface area contributed by atoms with Gasteiger partial charge in [0.05, 0.1) is 0 Å². The summed E-state index contributed by atoms with van der Waals surface area (Å²) in [4.78, 5) is 11.3. The maximum absolute atomic E-state index is 11.3. The van der Waals surface area contributed by atoms with E-state index in [4.69, 9.17) is 14.0 Å². The normalized spacial score (nSPS) is 14.9. The summed E-state index contributed by atoms with van der Waals surface area (Å²) < 4.78 is 41.0. The van der Waals surface area contributed by atoms with Crippen LogP contribution in [-0.4, -0.2) is 30.7 Å². The standard InChI is InChI=1S/C11H20O6S/c1-5-7-9(17-11(12)8(3)4)16-10(6-2)18(13,14)15/h9-10H,3,5-7H2,1-2,4H3,(H,13,14,15). The summed E-state index contributed by atoms with van der Waals surface area (Å²) in [6.07, 6.45) is 0.0242. The van der Waals surface area contributed by atoms with E-state index in [1.165, 1.54) is 6.92 Å². The third kappa shape index (κ3) is 6.13. The fraction of sp³-hybridized carbons (Fsp3) is 0.727. The smallest absolute Gasteiger partial charge is 0.335 e. The molecule has 0 aromatic rings. The molecule has 2 unspecified atom stereocenters. The number of carbonyl (C=O) groups is 1. The molecule has 0 aromatic carbocycles. The van der Waals surface area contributed by atoms with Crippen molar-refractivity contribution in [2.75, 3.05) is 0 Å². The minimum absolute atomic E-state index is 0.0592. The fourth-order valence-electron chi connectivity index (χ4n) is 1.16. The molecule has 0 rings (SSSR count). The summed E-state index contributed by atoms with van der Waals surface area (Å²) in [7, 11) is -4.32. The molecule has 0 aliphatic rings. The van der Waals surface area contributed by atoms with Crippen molar-refractivity contribution in [2.45, 2.75) is 51.8 Å². The quantitative estimate of drug-likeness (QED) is 0.316. The maximum Gasteiger partial charge on any atom is 0.335 e. The van der Waals surface area contributed by atoms with E-state index in [1.54, 1.807) is 6.92 Å². The Morgan fingerprint density at radius 1 is 1.39 bits per heavy atom. The molecule has 0 aliphatic heterocycles. The Kier molecular flexibility index (Phi) is 7.12. The van der Waals surface area contributed by atoms with Crippen molar-refractivity contribution >= 4 is 16.1 Å². The van der Waals surface area contributed by atoms with Crippen LogP contribution in [0.15, 0.2) is 12.2 Å². The summed E-state index contributed by atoms with van der Waals surface area (Å²) in [6.45, 7) is 8.27. The highest BCUT2D eigenvalue weighted by atomic mass is 32.2. The molecule has 0 bridgehead atoms. The molecule has 0 heterocycles. The van der Waals surface area contributed by atoms with Crippen LogP contribution in [-0.2, 0) is 24.4 Å². The van der Waals surface area contributed by atoms with Crippen LogP contribution in [0.4, 0.5) is 0 Å². The Hall–Kier alpha value is -0.920. The van der Waals surface area contributed by atoms with Crippen LogP contribution in [0.2, 0.25) is 0 Å². The minimum Gasteiger partial charge on any atom is -0.432 e. The minimum atomic E-state index is -4.32. The summed E-state index contributed by atoms with van der Waals surface area (Å²) in [5.74, 6) is -0.654. The first-order valence-corrected chi connectivity index (χ1v) is 7.20. The molecule has 106 valence electrons. The zero-order chi connectivity index (χ0) is 14.3. The number of esters is 1. The monoisotopic (exact) mass is 280 g/mol. The second kappa shape index (κ2) is 7.50. The Morgan fingerprint density at radius 3 is 2.28 bits per heavy atom. The zero-order valence-electron chi connectivity index (χ0n) is 10.9. The molecule has 6 nitrogen and oxygen atoms in total. The predicted molar refractivity (Wildman–Crippen MR) is 66.3 cm³/mol. The van der Waals surface area contributed by atoms with Gasteiger partial charge in [-0.15, -0.1) is 0 Å². The Bertz CT molecular complexity index is 386. The van der Waals surface area contributed by atoms with Crippen molar-refractivity contribution in [1.82, 2.24) is 0 Å². The first-order chi connectivity index (χ1) is 8.22. The lowest BCUT2D eigenvalue weighted by molar-refractivity contribution is -0.180. The third-order valence-corrected chi connectivity index (χ3v) is 3.19. The highest BCUT2D eigenvalue weighted by molar-refractivity contribution is 7.86. The van der Waals surface area contributed by atoms with Gasteiger partial charge >= 0.3 is 5.97 Å². The molecular formula is C11H20O6S. The van der Waals surface area contributed by atoms with Gasteiger partial charge in [-0.2, -0.15) is 8.42 Å². The van der Waals surface area contributed by atoms with E-state index >= 15 is 0 Å². The van der Waals surface area contributed by atoms with Crippen LogP contribution in [0.25, 0.3) is 0 Å². The van der Waals surface area contributed by atoms with Crippen molar-refractivity contribution in [2.24, 2.45) is 0 Å². The molecular weight excluding hydrogens is 260 g/mol. The largest absolute Gasteiger partial charge is 0.432 e. The fourth-order valence-corrected chi connectivity index (χ4v) is 1.84. The number of ether oxygens (including phenoxy) is 2. The van der Waals surface area contributed by atoms with Crippen LogP contribution in [0.5, 0.6) is 0 Å². The highest BCUT2D eigenvalue weighted by Gasteiger charge is 2.27. The van der Waals surface area contributed by atoms with Gasteiger partial charge < -0.3 is 9.47 Å². The lowest BCUT2D eigenvalue weighted by Gasteiger charge is -2.22. The molecule has 18 heavy (non-hydrogen) atoms. The molecule has 7 heteroatoms. The van der Waals surface area contributed by atoms with Crippen LogP contribution in [0.3, 0.4) is 0 Å². The average Bonchev–Trinajstić information content (AvgIpc) is 2.23. The molecule has 1 N–H and O–H groups in total. The van der Waals surface area contributed by atoms with Gasteiger partial charge in [-0.05, 0) is 13.3 Å². The Balaban J connectivity index is 4.70. The topological polar surface area (TPSA) is 89.9 Å². The molecule has 2 atom stereocenters.